The Morgan fingerprint density at radius 2 is 2.46 bits per heavy atom. The molecule has 1 saturated carbocycles. The molecule has 74 valence electrons. The zero-order valence-electron chi connectivity index (χ0n) is 7.86. The van der Waals surface area contributed by atoms with E-state index in [-0.39, 0.29) is 0 Å². The van der Waals surface area contributed by atoms with E-state index in [9.17, 15) is 4.21 Å². The highest BCUT2D eigenvalue weighted by molar-refractivity contribution is 7.85. The van der Waals surface area contributed by atoms with Crippen LogP contribution >= 0.6 is 0 Å². The summed E-state index contributed by atoms with van der Waals surface area (Å²) in [6.45, 7) is 1.94. The smallest absolute Gasteiger partial charge is 0.135 e. The number of nitrogens with zero attached hydrogens (tertiary/aromatic N) is 1. The van der Waals surface area contributed by atoms with E-state index >= 15 is 0 Å². The first kappa shape index (κ1) is 9.19. The lowest BCUT2D eigenvalue weighted by Crippen LogP contribution is -2.22. The first-order chi connectivity index (χ1) is 6.31. The highest BCUT2D eigenvalue weighted by Crippen LogP contribution is 2.34. The number of rotatable bonds is 3. The highest BCUT2D eigenvalue weighted by Gasteiger charge is 2.38. The Morgan fingerprint density at radius 1 is 1.62 bits per heavy atom. The van der Waals surface area contributed by atoms with E-state index in [1.165, 1.54) is 12.8 Å². The molecule has 2 aliphatic rings. The molecule has 1 aliphatic carbocycles. The molecule has 4 heteroatoms. The fourth-order valence-corrected chi connectivity index (χ4v) is 2.84. The van der Waals surface area contributed by atoms with Gasteiger partial charge in [-0.3, -0.25) is 4.21 Å². The van der Waals surface area contributed by atoms with Crippen LogP contribution in [-0.4, -0.2) is 27.5 Å². The summed E-state index contributed by atoms with van der Waals surface area (Å²) in [5.41, 5.74) is 1.04. The van der Waals surface area contributed by atoms with Crippen LogP contribution in [0.1, 0.15) is 26.2 Å². The second kappa shape index (κ2) is 3.78. The van der Waals surface area contributed by atoms with Crippen molar-refractivity contribution in [3.8, 4) is 0 Å². The first-order valence-corrected chi connectivity index (χ1v) is 6.37. The van der Waals surface area contributed by atoms with E-state index in [1.807, 2.05) is 6.92 Å². The predicted molar refractivity (Wildman–Crippen MR) is 53.2 cm³/mol. The molecule has 0 aromatic heterocycles. The van der Waals surface area contributed by atoms with Gasteiger partial charge in [0.15, 0.2) is 0 Å². The van der Waals surface area contributed by atoms with Crippen molar-refractivity contribution in [2.24, 2.45) is 11.1 Å². The SMILES string of the molecule is CCS(=O)CC1=NOC2CCCC12. The molecule has 0 radical (unpaired) electrons. The Hall–Kier alpha value is -0.380. The lowest BCUT2D eigenvalue weighted by atomic mass is 10.0. The molecular weight excluding hydrogens is 186 g/mol. The van der Waals surface area contributed by atoms with Crippen LogP contribution in [0.4, 0.5) is 0 Å². The maximum atomic E-state index is 11.3. The molecule has 3 atom stereocenters. The minimum absolute atomic E-state index is 0.309. The van der Waals surface area contributed by atoms with Gasteiger partial charge >= 0.3 is 0 Å². The van der Waals surface area contributed by atoms with E-state index < -0.39 is 10.8 Å². The van der Waals surface area contributed by atoms with Crippen LogP contribution in [0.5, 0.6) is 0 Å². The Morgan fingerprint density at radius 3 is 3.23 bits per heavy atom. The molecule has 3 nitrogen and oxygen atoms in total. The van der Waals surface area contributed by atoms with Gasteiger partial charge in [-0.25, -0.2) is 0 Å². The van der Waals surface area contributed by atoms with Crippen molar-refractivity contribution in [3.05, 3.63) is 0 Å². The quantitative estimate of drug-likeness (QED) is 0.690. The van der Waals surface area contributed by atoms with Gasteiger partial charge in [-0.05, 0) is 19.3 Å². The maximum Gasteiger partial charge on any atom is 0.135 e. The Balaban J connectivity index is 1.96. The summed E-state index contributed by atoms with van der Waals surface area (Å²) >= 11 is 0. The zero-order chi connectivity index (χ0) is 9.26. The summed E-state index contributed by atoms with van der Waals surface area (Å²) in [4.78, 5) is 5.29. The molecule has 1 fully saturated rings. The van der Waals surface area contributed by atoms with Crippen LogP contribution < -0.4 is 0 Å². The first-order valence-electron chi connectivity index (χ1n) is 4.89. The van der Waals surface area contributed by atoms with Gasteiger partial charge in [-0.1, -0.05) is 12.1 Å². The van der Waals surface area contributed by atoms with Crippen LogP contribution in [0, 0.1) is 5.92 Å². The largest absolute Gasteiger partial charge is 0.392 e. The zero-order valence-corrected chi connectivity index (χ0v) is 8.68. The van der Waals surface area contributed by atoms with Gasteiger partial charge < -0.3 is 4.84 Å². The van der Waals surface area contributed by atoms with Gasteiger partial charge in [0.1, 0.15) is 6.10 Å². The Kier molecular flexibility index (Phi) is 2.67. The van der Waals surface area contributed by atoms with Crippen LogP contribution in [0.25, 0.3) is 0 Å². The lowest BCUT2D eigenvalue weighted by Gasteiger charge is -2.07. The fraction of sp³-hybridized carbons (Fsp3) is 0.889. The fourth-order valence-electron chi connectivity index (χ4n) is 2.04. The summed E-state index contributed by atoms with van der Waals surface area (Å²) in [7, 11) is -0.737. The van der Waals surface area contributed by atoms with E-state index in [2.05, 4.69) is 5.16 Å². The molecule has 0 aromatic carbocycles. The summed E-state index contributed by atoms with van der Waals surface area (Å²) in [5.74, 6) is 1.82. The number of fused-ring (bicyclic) bond motifs is 1. The Labute approximate surface area is 81.0 Å². The molecule has 0 amide bonds. The average molecular weight is 201 g/mol. The molecule has 2 rings (SSSR count). The normalized spacial score (nSPS) is 33.8. The molecule has 0 spiro atoms. The standard InChI is InChI=1S/C9H15NO2S/c1-2-13(11)6-8-7-4-3-5-9(7)12-10-8/h7,9H,2-6H2,1H3. The molecule has 0 bridgehead atoms. The highest BCUT2D eigenvalue weighted by atomic mass is 32.2. The summed E-state index contributed by atoms with van der Waals surface area (Å²) in [5, 5.41) is 4.03. The van der Waals surface area contributed by atoms with Crippen molar-refractivity contribution in [2.45, 2.75) is 32.3 Å². The predicted octanol–water partition coefficient (Wildman–Crippen LogP) is 1.31. The van der Waals surface area contributed by atoms with Gasteiger partial charge in [-0.2, -0.15) is 0 Å². The molecule has 0 saturated heterocycles. The second-order valence-electron chi connectivity index (χ2n) is 3.64. The van der Waals surface area contributed by atoms with Crippen molar-refractivity contribution < 1.29 is 9.05 Å². The van der Waals surface area contributed by atoms with Crippen LogP contribution in [0.2, 0.25) is 0 Å². The maximum absolute atomic E-state index is 11.3. The molecule has 13 heavy (non-hydrogen) atoms. The molecule has 3 unspecified atom stereocenters. The van der Waals surface area contributed by atoms with Crippen LogP contribution in [-0.2, 0) is 15.6 Å². The third kappa shape index (κ3) is 1.77. The van der Waals surface area contributed by atoms with Crippen molar-refractivity contribution in [3.63, 3.8) is 0 Å². The molecular formula is C9H15NO2S. The average Bonchev–Trinajstić information content (AvgIpc) is 2.69. The number of hydrogen-bond acceptors (Lipinski definition) is 3. The minimum Gasteiger partial charge on any atom is -0.392 e. The van der Waals surface area contributed by atoms with Crippen LogP contribution in [0.15, 0.2) is 5.16 Å². The monoisotopic (exact) mass is 201 g/mol. The van der Waals surface area contributed by atoms with Gasteiger partial charge in [-0.15, -0.1) is 0 Å². The molecule has 1 aliphatic heterocycles. The van der Waals surface area contributed by atoms with E-state index in [0.717, 1.165) is 17.9 Å². The van der Waals surface area contributed by atoms with E-state index in [0.29, 0.717) is 17.8 Å². The van der Waals surface area contributed by atoms with Gasteiger partial charge in [0, 0.05) is 22.5 Å². The van der Waals surface area contributed by atoms with E-state index in [1.54, 1.807) is 0 Å². The summed E-state index contributed by atoms with van der Waals surface area (Å²) in [6.07, 6.45) is 3.83. The summed E-state index contributed by atoms with van der Waals surface area (Å²) < 4.78 is 11.3. The van der Waals surface area contributed by atoms with Gasteiger partial charge in [0.05, 0.1) is 11.5 Å². The third-order valence-corrected chi connectivity index (χ3v) is 4.08. The number of oxime groups is 1. The second-order valence-corrected chi connectivity index (χ2v) is 5.38. The minimum atomic E-state index is -0.737. The molecule has 0 N–H and O–H groups in total. The van der Waals surface area contributed by atoms with Crippen molar-refractivity contribution >= 4 is 16.5 Å². The van der Waals surface area contributed by atoms with Crippen LogP contribution in [0.3, 0.4) is 0 Å². The molecule has 0 aromatic rings. The van der Waals surface area contributed by atoms with Gasteiger partial charge in [0.25, 0.3) is 0 Å². The van der Waals surface area contributed by atoms with Gasteiger partial charge in [0.2, 0.25) is 0 Å². The molecule has 1 heterocycles. The third-order valence-electron chi connectivity index (χ3n) is 2.82. The van der Waals surface area contributed by atoms with Crippen molar-refractivity contribution in [1.82, 2.24) is 0 Å². The lowest BCUT2D eigenvalue weighted by molar-refractivity contribution is 0.0746. The van der Waals surface area contributed by atoms with E-state index in [4.69, 9.17) is 4.84 Å². The summed E-state index contributed by atoms with van der Waals surface area (Å²) in [6, 6.07) is 0. The Bertz CT molecular complexity index is 252. The topological polar surface area (TPSA) is 38.7 Å². The number of hydrogen-bond donors (Lipinski definition) is 0. The van der Waals surface area contributed by atoms with Crippen molar-refractivity contribution in [1.29, 1.82) is 0 Å². The van der Waals surface area contributed by atoms with Crippen molar-refractivity contribution in [2.75, 3.05) is 11.5 Å².